The molecule has 5 heteroatoms. The van der Waals surface area contributed by atoms with Gasteiger partial charge in [-0.25, -0.2) is 13.2 Å². The van der Waals surface area contributed by atoms with Gasteiger partial charge in [-0.1, -0.05) is 24.3 Å². The number of halogens is 3. The molecule has 1 atom stereocenters. The molecule has 134 valence electrons. The van der Waals surface area contributed by atoms with Crippen LogP contribution in [0.3, 0.4) is 0 Å². The van der Waals surface area contributed by atoms with Gasteiger partial charge in [0.25, 0.3) is 0 Å². The zero-order valence-electron chi connectivity index (χ0n) is 14.2. The fraction of sp³-hybridized carbons (Fsp3) is 0.238. The molecule has 0 N–H and O–H groups in total. The second-order valence-electron chi connectivity index (χ2n) is 6.58. The fourth-order valence-corrected chi connectivity index (χ4v) is 3.76. The molecular weight excluding hydrogens is 337 g/mol. The van der Waals surface area contributed by atoms with Crippen LogP contribution in [0.5, 0.6) is 0 Å². The Morgan fingerprint density at radius 1 is 0.808 bits per heavy atom. The smallest absolute Gasteiger partial charge is 0.131 e. The number of rotatable bonds is 3. The van der Waals surface area contributed by atoms with Crippen molar-refractivity contribution in [1.29, 1.82) is 0 Å². The molecule has 4 rings (SSSR count). The monoisotopic (exact) mass is 356 g/mol. The number of hydrogen-bond donors (Lipinski definition) is 0. The Kier molecular flexibility index (Phi) is 4.55. The molecule has 0 bridgehead atoms. The van der Waals surface area contributed by atoms with Gasteiger partial charge in [0, 0.05) is 42.7 Å². The Morgan fingerprint density at radius 2 is 1.54 bits per heavy atom. The Labute approximate surface area is 150 Å². The quantitative estimate of drug-likeness (QED) is 0.648. The zero-order chi connectivity index (χ0) is 18.1. The highest BCUT2D eigenvalue weighted by Crippen LogP contribution is 2.35. The minimum absolute atomic E-state index is 0.0192. The Morgan fingerprint density at radius 3 is 2.31 bits per heavy atom. The molecule has 0 saturated heterocycles. The second-order valence-corrected chi connectivity index (χ2v) is 6.58. The maximum atomic E-state index is 14.6. The molecule has 26 heavy (non-hydrogen) atoms. The molecule has 1 aliphatic rings. The summed E-state index contributed by atoms with van der Waals surface area (Å²) in [6.45, 7) is 1.67. The normalized spacial score (nSPS) is 17.7. The van der Waals surface area contributed by atoms with E-state index < -0.39 is 17.7 Å². The predicted octanol–water partition coefficient (Wildman–Crippen LogP) is 4.90. The minimum Gasteiger partial charge on any atom is -0.350 e. The van der Waals surface area contributed by atoms with Crippen molar-refractivity contribution in [2.24, 2.45) is 0 Å². The summed E-state index contributed by atoms with van der Waals surface area (Å²) in [5, 5.41) is 0. The summed E-state index contributed by atoms with van der Waals surface area (Å²) in [7, 11) is 0. The van der Waals surface area contributed by atoms with Crippen molar-refractivity contribution >= 4 is 0 Å². The number of nitrogens with zero attached hydrogens (tertiary/aromatic N) is 2. The number of fused-ring (bicyclic) bond motifs is 1. The lowest BCUT2D eigenvalue weighted by atomic mass is 9.99. The van der Waals surface area contributed by atoms with Crippen molar-refractivity contribution in [3.05, 3.63) is 95.1 Å². The first-order valence-electron chi connectivity index (χ1n) is 8.71. The first-order valence-corrected chi connectivity index (χ1v) is 8.71. The van der Waals surface area contributed by atoms with Crippen molar-refractivity contribution in [2.75, 3.05) is 6.54 Å². The largest absolute Gasteiger partial charge is 0.350 e. The Bertz CT molecular complexity index is 899. The van der Waals surface area contributed by atoms with Crippen LogP contribution in [-0.2, 0) is 13.1 Å². The maximum Gasteiger partial charge on any atom is 0.131 e. The van der Waals surface area contributed by atoms with Crippen LogP contribution in [0, 0.1) is 17.5 Å². The lowest BCUT2D eigenvalue weighted by molar-refractivity contribution is 0.209. The van der Waals surface area contributed by atoms with Crippen LogP contribution in [0.2, 0.25) is 0 Å². The summed E-state index contributed by atoms with van der Waals surface area (Å²) < 4.78 is 45.4. The summed E-state index contributed by atoms with van der Waals surface area (Å²) in [4.78, 5) is 1.96. The Hall–Kier alpha value is -2.53. The van der Waals surface area contributed by atoms with Crippen LogP contribution in [0.15, 0.2) is 60.8 Å². The van der Waals surface area contributed by atoms with Crippen molar-refractivity contribution in [1.82, 2.24) is 9.47 Å². The number of hydrogen-bond acceptors (Lipinski definition) is 1. The first kappa shape index (κ1) is 16.9. The average molecular weight is 356 g/mol. The van der Waals surface area contributed by atoms with Gasteiger partial charge in [0.15, 0.2) is 0 Å². The van der Waals surface area contributed by atoms with E-state index in [4.69, 9.17) is 0 Å². The molecule has 0 amide bonds. The highest BCUT2D eigenvalue weighted by Gasteiger charge is 2.32. The van der Waals surface area contributed by atoms with Crippen LogP contribution < -0.4 is 0 Å². The summed E-state index contributed by atoms with van der Waals surface area (Å²) in [6, 6.07) is 13.6. The second kappa shape index (κ2) is 7.00. The number of benzene rings is 2. The van der Waals surface area contributed by atoms with Crippen molar-refractivity contribution < 1.29 is 13.2 Å². The molecule has 0 saturated carbocycles. The van der Waals surface area contributed by atoms with E-state index >= 15 is 0 Å². The third-order valence-electron chi connectivity index (χ3n) is 4.96. The van der Waals surface area contributed by atoms with Crippen molar-refractivity contribution in [3.63, 3.8) is 0 Å². The van der Waals surface area contributed by atoms with E-state index in [1.165, 1.54) is 24.3 Å². The van der Waals surface area contributed by atoms with E-state index in [9.17, 15) is 13.2 Å². The average Bonchev–Trinajstić information content (AvgIpc) is 3.01. The van der Waals surface area contributed by atoms with Gasteiger partial charge in [-0.15, -0.1) is 0 Å². The molecular formula is C21H19F3N2. The third-order valence-corrected chi connectivity index (χ3v) is 4.96. The lowest BCUT2D eigenvalue weighted by Crippen LogP contribution is -2.31. The molecule has 0 fully saturated rings. The van der Waals surface area contributed by atoms with E-state index in [-0.39, 0.29) is 17.9 Å². The van der Waals surface area contributed by atoms with Gasteiger partial charge in [-0.05, 0) is 36.8 Å². The molecule has 2 nitrogen and oxygen atoms in total. The molecule has 1 aromatic heterocycles. The van der Waals surface area contributed by atoms with E-state index in [2.05, 4.69) is 0 Å². The van der Waals surface area contributed by atoms with Gasteiger partial charge < -0.3 is 4.57 Å². The highest BCUT2D eigenvalue weighted by molar-refractivity contribution is 5.32. The van der Waals surface area contributed by atoms with Crippen LogP contribution in [0.1, 0.15) is 29.3 Å². The van der Waals surface area contributed by atoms with E-state index in [0.717, 1.165) is 18.7 Å². The number of aryl methyl sites for hydroxylation is 1. The lowest BCUT2D eigenvalue weighted by Gasteiger charge is -2.31. The third kappa shape index (κ3) is 3.03. The van der Waals surface area contributed by atoms with Crippen molar-refractivity contribution in [2.45, 2.75) is 25.6 Å². The van der Waals surface area contributed by atoms with Crippen LogP contribution in [0.25, 0.3) is 0 Å². The molecule has 0 aliphatic carbocycles. The zero-order valence-corrected chi connectivity index (χ0v) is 14.2. The molecule has 1 unspecified atom stereocenters. The van der Waals surface area contributed by atoms with Gasteiger partial charge in [-0.3, -0.25) is 4.90 Å². The van der Waals surface area contributed by atoms with Crippen molar-refractivity contribution in [3.8, 4) is 0 Å². The molecule has 1 aliphatic heterocycles. The molecule has 0 radical (unpaired) electrons. The topological polar surface area (TPSA) is 8.17 Å². The summed E-state index contributed by atoms with van der Waals surface area (Å²) in [6.07, 6.45) is 2.75. The Balaban J connectivity index is 1.82. The van der Waals surface area contributed by atoms with Gasteiger partial charge in [-0.2, -0.15) is 0 Å². The highest BCUT2D eigenvalue weighted by atomic mass is 19.1. The minimum atomic E-state index is -0.603. The fourth-order valence-electron chi connectivity index (χ4n) is 3.76. The molecule has 2 aromatic carbocycles. The van der Waals surface area contributed by atoms with Crippen LogP contribution in [0.4, 0.5) is 13.2 Å². The molecule has 3 aromatic rings. The molecule has 0 spiro atoms. The predicted molar refractivity (Wildman–Crippen MR) is 94.1 cm³/mol. The maximum absolute atomic E-state index is 14.6. The molecule has 2 heterocycles. The number of aromatic nitrogens is 1. The van der Waals surface area contributed by atoms with E-state index in [1.54, 1.807) is 18.2 Å². The van der Waals surface area contributed by atoms with E-state index in [1.807, 2.05) is 27.8 Å². The standard InChI is InChI=1S/C21H19F3N2/c22-16-7-2-1-6-15(16)14-26-13-5-12-25-11-4-10-19(25)21(26)20-17(23)8-3-9-18(20)24/h1-4,6-11,21H,5,12-14H2. The SMILES string of the molecule is Fc1ccccc1CN1CCCn2cccc2C1c1c(F)cccc1F. The van der Waals surface area contributed by atoms with Gasteiger partial charge >= 0.3 is 0 Å². The van der Waals surface area contributed by atoms with Gasteiger partial charge in [0.2, 0.25) is 0 Å². The first-order chi connectivity index (χ1) is 12.6. The van der Waals surface area contributed by atoms with Crippen LogP contribution >= 0.6 is 0 Å². The van der Waals surface area contributed by atoms with Crippen LogP contribution in [-0.4, -0.2) is 16.0 Å². The van der Waals surface area contributed by atoms with E-state index in [0.29, 0.717) is 12.1 Å². The summed E-state index contributed by atoms with van der Waals surface area (Å²) in [5.41, 5.74) is 1.36. The summed E-state index contributed by atoms with van der Waals surface area (Å²) >= 11 is 0. The van der Waals surface area contributed by atoms with Gasteiger partial charge in [0.1, 0.15) is 17.5 Å². The van der Waals surface area contributed by atoms with Gasteiger partial charge in [0.05, 0.1) is 6.04 Å². The summed E-state index contributed by atoms with van der Waals surface area (Å²) in [5.74, 6) is -1.47.